The van der Waals surface area contributed by atoms with E-state index in [0.29, 0.717) is 6.10 Å². The van der Waals surface area contributed by atoms with Crippen LogP contribution in [0.1, 0.15) is 36.9 Å². The van der Waals surface area contributed by atoms with Crippen molar-refractivity contribution in [1.29, 1.82) is 0 Å². The Bertz CT molecular complexity index is 442. The minimum atomic E-state index is -0.0107. The number of piperidine rings is 1. The standard InChI is InChI=1S/C17H28N2O2/c1-4-21-14-7-9-19(10-8-14)12-16(18)15-11-13(2)5-6-17(15)20-3/h5-6,11,14,16H,4,7-10,12,18H2,1-3H3. The van der Waals surface area contributed by atoms with Crippen LogP contribution in [0.3, 0.4) is 0 Å². The number of rotatable bonds is 6. The summed E-state index contributed by atoms with van der Waals surface area (Å²) in [7, 11) is 1.70. The van der Waals surface area contributed by atoms with Crippen LogP contribution in [0.2, 0.25) is 0 Å². The molecule has 1 atom stereocenters. The molecule has 1 heterocycles. The van der Waals surface area contributed by atoms with Gasteiger partial charge in [0.1, 0.15) is 5.75 Å². The summed E-state index contributed by atoms with van der Waals surface area (Å²) < 4.78 is 11.1. The maximum absolute atomic E-state index is 6.41. The van der Waals surface area contributed by atoms with E-state index in [9.17, 15) is 0 Å². The van der Waals surface area contributed by atoms with Crippen LogP contribution < -0.4 is 10.5 Å². The molecule has 0 aliphatic carbocycles. The van der Waals surface area contributed by atoms with Crippen LogP contribution in [0.4, 0.5) is 0 Å². The fourth-order valence-electron chi connectivity index (χ4n) is 3.01. The van der Waals surface area contributed by atoms with Gasteiger partial charge in [-0.15, -0.1) is 0 Å². The van der Waals surface area contributed by atoms with Gasteiger partial charge in [-0.25, -0.2) is 0 Å². The summed E-state index contributed by atoms with van der Waals surface area (Å²) in [6.07, 6.45) is 2.63. The molecule has 1 aliphatic heterocycles. The van der Waals surface area contributed by atoms with Gasteiger partial charge in [0.15, 0.2) is 0 Å². The van der Waals surface area contributed by atoms with E-state index in [1.807, 2.05) is 6.07 Å². The molecular weight excluding hydrogens is 264 g/mol. The van der Waals surface area contributed by atoms with Gasteiger partial charge in [-0.05, 0) is 32.8 Å². The largest absolute Gasteiger partial charge is 0.496 e. The van der Waals surface area contributed by atoms with Gasteiger partial charge >= 0.3 is 0 Å². The van der Waals surface area contributed by atoms with Crippen molar-refractivity contribution in [2.24, 2.45) is 5.73 Å². The van der Waals surface area contributed by atoms with Gasteiger partial charge in [0.25, 0.3) is 0 Å². The highest BCUT2D eigenvalue weighted by molar-refractivity contribution is 5.39. The zero-order chi connectivity index (χ0) is 15.2. The third-order valence-corrected chi connectivity index (χ3v) is 4.18. The molecule has 0 spiro atoms. The van der Waals surface area contributed by atoms with Gasteiger partial charge in [-0.2, -0.15) is 0 Å². The summed E-state index contributed by atoms with van der Waals surface area (Å²) in [5.41, 5.74) is 8.73. The molecule has 0 bridgehead atoms. The molecule has 0 radical (unpaired) electrons. The molecule has 118 valence electrons. The van der Waals surface area contributed by atoms with Gasteiger partial charge in [0, 0.05) is 37.8 Å². The fourth-order valence-corrected chi connectivity index (χ4v) is 3.01. The minimum absolute atomic E-state index is 0.0107. The maximum atomic E-state index is 6.41. The van der Waals surface area contributed by atoms with Gasteiger partial charge < -0.3 is 20.1 Å². The topological polar surface area (TPSA) is 47.7 Å². The second kappa shape index (κ2) is 7.78. The maximum Gasteiger partial charge on any atom is 0.123 e. The Morgan fingerprint density at radius 2 is 2.05 bits per heavy atom. The van der Waals surface area contributed by atoms with Crippen molar-refractivity contribution < 1.29 is 9.47 Å². The molecule has 1 aliphatic rings. The zero-order valence-corrected chi connectivity index (χ0v) is 13.5. The highest BCUT2D eigenvalue weighted by Crippen LogP contribution is 2.26. The minimum Gasteiger partial charge on any atom is -0.496 e. The van der Waals surface area contributed by atoms with Crippen LogP contribution in [0.5, 0.6) is 5.75 Å². The lowest BCUT2D eigenvalue weighted by molar-refractivity contribution is 0.0131. The lowest BCUT2D eigenvalue weighted by Crippen LogP contribution is -2.40. The number of nitrogens with zero attached hydrogens (tertiary/aromatic N) is 1. The summed E-state index contributed by atoms with van der Waals surface area (Å²) in [4.78, 5) is 2.43. The van der Waals surface area contributed by atoms with Gasteiger partial charge in [-0.1, -0.05) is 17.7 Å². The number of nitrogens with two attached hydrogens (primary N) is 1. The Balaban J connectivity index is 1.93. The second-order valence-electron chi connectivity index (χ2n) is 5.81. The number of likely N-dealkylation sites (tertiary alicyclic amines) is 1. The van der Waals surface area contributed by atoms with Crippen LogP contribution >= 0.6 is 0 Å². The van der Waals surface area contributed by atoms with Crippen LogP contribution in [-0.2, 0) is 4.74 Å². The van der Waals surface area contributed by atoms with E-state index in [4.69, 9.17) is 15.2 Å². The molecule has 1 aromatic rings. The van der Waals surface area contributed by atoms with Crippen LogP contribution in [0, 0.1) is 6.92 Å². The third-order valence-electron chi connectivity index (χ3n) is 4.18. The number of hydrogen-bond donors (Lipinski definition) is 1. The zero-order valence-electron chi connectivity index (χ0n) is 13.5. The molecular formula is C17H28N2O2. The number of benzene rings is 1. The molecule has 1 unspecified atom stereocenters. The van der Waals surface area contributed by atoms with E-state index in [-0.39, 0.29) is 6.04 Å². The number of hydrogen-bond acceptors (Lipinski definition) is 4. The van der Waals surface area contributed by atoms with E-state index >= 15 is 0 Å². The predicted octanol–water partition coefficient (Wildman–Crippen LogP) is 2.50. The van der Waals surface area contributed by atoms with E-state index in [2.05, 4.69) is 30.9 Å². The second-order valence-corrected chi connectivity index (χ2v) is 5.81. The van der Waals surface area contributed by atoms with E-state index in [1.165, 1.54) is 5.56 Å². The SMILES string of the molecule is CCOC1CCN(CC(N)c2cc(C)ccc2OC)CC1. The third kappa shape index (κ3) is 4.43. The van der Waals surface area contributed by atoms with E-state index < -0.39 is 0 Å². The number of ether oxygens (including phenoxy) is 2. The molecule has 0 saturated carbocycles. The summed E-state index contributed by atoms with van der Waals surface area (Å²) in [5, 5.41) is 0. The summed E-state index contributed by atoms with van der Waals surface area (Å²) in [6.45, 7) is 7.96. The molecule has 4 heteroatoms. The average molecular weight is 292 g/mol. The van der Waals surface area contributed by atoms with Crippen molar-refractivity contribution in [2.75, 3.05) is 33.4 Å². The molecule has 1 aromatic carbocycles. The molecule has 0 amide bonds. The molecule has 2 N–H and O–H groups in total. The van der Waals surface area contributed by atoms with Crippen molar-refractivity contribution in [3.63, 3.8) is 0 Å². The Labute approximate surface area is 128 Å². The monoisotopic (exact) mass is 292 g/mol. The van der Waals surface area contributed by atoms with Crippen LogP contribution in [-0.4, -0.2) is 44.4 Å². The highest BCUT2D eigenvalue weighted by atomic mass is 16.5. The van der Waals surface area contributed by atoms with Crippen LogP contribution in [0.25, 0.3) is 0 Å². The smallest absolute Gasteiger partial charge is 0.123 e. The first-order chi connectivity index (χ1) is 10.1. The Hall–Kier alpha value is -1.10. The number of aryl methyl sites for hydroxylation is 1. The molecule has 1 fully saturated rings. The van der Waals surface area contributed by atoms with Crippen molar-refractivity contribution >= 4 is 0 Å². The normalized spacial score (nSPS) is 18.7. The summed E-state index contributed by atoms with van der Waals surface area (Å²) in [5.74, 6) is 0.886. The summed E-state index contributed by atoms with van der Waals surface area (Å²) >= 11 is 0. The van der Waals surface area contributed by atoms with E-state index in [1.54, 1.807) is 7.11 Å². The lowest BCUT2D eigenvalue weighted by atomic mass is 10.0. The van der Waals surface area contributed by atoms with Crippen LogP contribution in [0.15, 0.2) is 18.2 Å². The molecule has 2 rings (SSSR count). The Kier molecular flexibility index (Phi) is 6.03. The van der Waals surface area contributed by atoms with Crippen molar-refractivity contribution in [1.82, 2.24) is 4.90 Å². The van der Waals surface area contributed by atoms with Gasteiger partial charge in [-0.3, -0.25) is 0 Å². The average Bonchev–Trinajstić information content (AvgIpc) is 2.49. The fraction of sp³-hybridized carbons (Fsp3) is 0.647. The van der Waals surface area contributed by atoms with Gasteiger partial charge in [0.05, 0.1) is 13.2 Å². The van der Waals surface area contributed by atoms with E-state index in [0.717, 1.165) is 50.4 Å². The predicted molar refractivity (Wildman–Crippen MR) is 85.7 cm³/mol. The molecule has 4 nitrogen and oxygen atoms in total. The van der Waals surface area contributed by atoms with Gasteiger partial charge in [0.2, 0.25) is 0 Å². The number of methoxy groups -OCH3 is 1. The quantitative estimate of drug-likeness (QED) is 0.875. The van der Waals surface area contributed by atoms with Crippen molar-refractivity contribution in [3.05, 3.63) is 29.3 Å². The first kappa shape index (κ1) is 16.3. The molecule has 21 heavy (non-hydrogen) atoms. The highest BCUT2D eigenvalue weighted by Gasteiger charge is 2.22. The summed E-state index contributed by atoms with van der Waals surface area (Å²) in [6, 6.07) is 6.19. The Morgan fingerprint density at radius 3 is 2.67 bits per heavy atom. The first-order valence-corrected chi connectivity index (χ1v) is 7.88. The lowest BCUT2D eigenvalue weighted by Gasteiger charge is -2.33. The van der Waals surface area contributed by atoms with Crippen molar-refractivity contribution in [3.8, 4) is 5.75 Å². The molecule has 0 aromatic heterocycles. The molecule has 1 saturated heterocycles. The Morgan fingerprint density at radius 1 is 1.33 bits per heavy atom. The first-order valence-electron chi connectivity index (χ1n) is 7.88. The van der Waals surface area contributed by atoms with Crippen molar-refractivity contribution in [2.45, 2.75) is 38.8 Å².